The van der Waals surface area contributed by atoms with Gasteiger partial charge in [0, 0.05) is 29.0 Å². The quantitative estimate of drug-likeness (QED) is 0.249. The molecule has 0 radical (unpaired) electrons. The monoisotopic (exact) mass is 376 g/mol. The number of nitro groups is 1. The molecule has 8 heteroatoms. The lowest BCUT2D eigenvalue weighted by molar-refractivity contribution is -0.384. The van der Waals surface area contributed by atoms with Gasteiger partial charge in [-0.3, -0.25) is 19.9 Å². The van der Waals surface area contributed by atoms with Crippen molar-refractivity contribution in [3.63, 3.8) is 0 Å². The van der Waals surface area contributed by atoms with Crippen LogP contribution in [0.2, 0.25) is 0 Å². The highest BCUT2D eigenvalue weighted by Gasteiger charge is 2.26. The number of halogens is 1. The number of non-ortho nitro benzene ring substituents is 1. The third-order valence-electron chi connectivity index (χ3n) is 3.77. The molecule has 0 saturated carbocycles. The molecule has 0 aliphatic rings. The molecular formula is C18H17ClN2O5. The van der Waals surface area contributed by atoms with Crippen molar-refractivity contribution in [3.8, 4) is 11.1 Å². The average molecular weight is 377 g/mol. The maximum absolute atomic E-state index is 12.6. The van der Waals surface area contributed by atoms with Crippen LogP contribution in [0.3, 0.4) is 0 Å². The predicted molar refractivity (Wildman–Crippen MR) is 96.8 cm³/mol. The normalized spacial score (nSPS) is 10.5. The van der Waals surface area contributed by atoms with Crippen molar-refractivity contribution in [1.29, 1.82) is 0 Å². The van der Waals surface area contributed by atoms with Gasteiger partial charge in [0.1, 0.15) is 6.61 Å². The van der Waals surface area contributed by atoms with E-state index in [2.05, 4.69) is 4.98 Å². The molecule has 2 rings (SSSR count). The number of carbonyl (C=O) groups is 2. The van der Waals surface area contributed by atoms with Gasteiger partial charge in [0.25, 0.3) is 5.69 Å². The van der Waals surface area contributed by atoms with Crippen molar-refractivity contribution in [2.24, 2.45) is 0 Å². The van der Waals surface area contributed by atoms with Gasteiger partial charge in [0.15, 0.2) is 5.78 Å². The molecule has 0 bridgehead atoms. The van der Waals surface area contributed by atoms with E-state index < -0.39 is 10.9 Å². The minimum absolute atomic E-state index is 0.00249. The molecule has 0 spiro atoms. The van der Waals surface area contributed by atoms with E-state index in [4.69, 9.17) is 16.3 Å². The second-order valence-electron chi connectivity index (χ2n) is 5.60. The zero-order valence-electron chi connectivity index (χ0n) is 14.5. The number of alkyl halides is 1. The maximum atomic E-state index is 12.6. The molecule has 136 valence electrons. The molecule has 0 saturated heterocycles. The lowest BCUT2D eigenvalue weighted by Gasteiger charge is -2.17. The van der Waals surface area contributed by atoms with Crippen LogP contribution in [-0.4, -0.2) is 34.1 Å². The third-order valence-corrected chi connectivity index (χ3v) is 3.93. The molecule has 0 amide bonds. The summed E-state index contributed by atoms with van der Waals surface area (Å²) in [6, 6.07) is 5.75. The highest BCUT2D eigenvalue weighted by molar-refractivity contribution is 6.18. The fourth-order valence-electron chi connectivity index (χ4n) is 2.80. The molecule has 0 unspecified atom stereocenters. The van der Waals surface area contributed by atoms with E-state index in [1.165, 1.54) is 25.1 Å². The molecular weight excluding hydrogens is 360 g/mol. The van der Waals surface area contributed by atoms with Gasteiger partial charge >= 0.3 is 5.97 Å². The molecule has 0 aliphatic carbocycles. The van der Waals surface area contributed by atoms with Crippen LogP contribution in [0.4, 0.5) is 5.69 Å². The second kappa shape index (κ2) is 8.05. The van der Waals surface area contributed by atoms with Crippen molar-refractivity contribution in [3.05, 3.63) is 56.9 Å². The summed E-state index contributed by atoms with van der Waals surface area (Å²) >= 11 is 5.57. The van der Waals surface area contributed by atoms with Gasteiger partial charge < -0.3 is 4.74 Å². The van der Waals surface area contributed by atoms with Gasteiger partial charge in [-0.2, -0.15) is 0 Å². The number of Topliss-reactive ketones (excluding diaryl/α,β-unsaturated/α-hetero) is 1. The van der Waals surface area contributed by atoms with Crippen molar-refractivity contribution in [2.45, 2.75) is 20.8 Å². The van der Waals surface area contributed by atoms with Crippen LogP contribution in [0.5, 0.6) is 0 Å². The molecule has 0 atom stereocenters. The van der Waals surface area contributed by atoms with Crippen molar-refractivity contribution in [2.75, 3.05) is 12.5 Å². The van der Waals surface area contributed by atoms with E-state index in [1.54, 1.807) is 19.9 Å². The fraction of sp³-hybridized carbons (Fsp3) is 0.278. The summed E-state index contributed by atoms with van der Waals surface area (Å²) in [5.41, 5.74) is 1.64. The number of carbonyl (C=O) groups excluding carboxylic acids is 2. The number of hydrogen-bond acceptors (Lipinski definition) is 6. The number of pyridine rings is 1. The number of ether oxygens (including phenoxy) is 1. The Bertz CT molecular complexity index is 895. The first-order valence-corrected chi connectivity index (χ1v) is 8.31. The minimum Gasteiger partial charge on any atom is -0.461 e. The van der Waals surface area contributed by atoms with Crippen LogP contribution in [0.15, 0.2) is 24.3 Å². The molecule has 1 heterocycles. The van der Waals surface area contributed by atoms with E-state index in [0.717, 1.165) is 0 Å². The zero-order chi connectivity index (χ0) is 19.4. The van der Waals surface area contributed by atoms with Crippen LogP contribution in [-0.2, 0) is 4.74 Å². The van der Waals surface area contributed by atoms with Gasteiger partial charge in [0.2, 0.25) is 0 Å². The van der Waals surface area contributed by atoms with E-state index in [-0.39, 0.29) is 40.6 Å². The molecule has 1 aromatic carbocycles. The number of ketones is 1. The van der Waals surface area contributed by atoms with Gasteiger partial charge in [-0.1, -0.05) is 12.1 Å². The molecule has 26 heavy (non-hydrogen) atoms. The Morgan fingerprint density at radius 1 is 1.23 bits per heavy atom. The van der Waals surface area contributed by atoms with Crippen molar-refractivity contribution < 1.29 is 19.2 Å². The molecule has 0 N–H and O–H groups in total. The topological polar surface area (TPSA) is 99.4 Å². The van der Waals surface area contributed by atoms with Gasteiger partial charge in [0.05, 0.1) is 22.1 Å². The zero-order valence-corrected chi connectivity index (χ0v) is 15.3. The lowest BCUT2D eigenvalue weighted by atomic mass is 9.90. The number of benzene rings is 1. The van der Waals surface area contributed by atoms with Crippen LogP contribution < -0.4 is 0 Å². The van der Waals surface area contributed by atoms with E-state index >= 15 is 0 Å². The Morgan fingerprint density at radius 3 is 2.46 bits per heavy atom. The van der Waals surface area contributed by atoms with Crippen molar-refractivity contribution in [1.82, 2.24) is 4.98 Å². The summed E-state index contributed by atoms with van der Waals surface area (Å²) in [6.45, 7) is 4.62. The highest BCUT2D eigenvalue weighted by Crippen LogP contribution is 2.34. The van der Waals surface area contributed by atoms with Crippen molar-refractivity contribution >= 4 is 29.0 Å². The largest absolute Gasteiger partial charge is 0.461 e. The van der Waals surface area contributed by atoms with E-state index in [0.29, 0.717) is 17.0 Å². The number of aromatic nitrogens is 1. The molecule has 2 aromatic rings. The van der Waals surface area contributed by atoms with E-state index in [9.17, 15) is 19.7 Å². The number of nitro benzene ring substituents is 1. The second-order valence-corrected chi connectivity index (χ2v) is 5.97. The smallest absolute Gasteiger partial charge is 0.340 e. The number of esters is 1. The Balaban J connectivity index is 2.83. The number of hydrogen-bond donors (Lipinski definition) is 0. The minimum atomic E-state index is -0.681. The highest BCUT2D eigenvalue weighted by atomic mass is 35.5. The van der Waals surface area contributed by atoms with Crippen LogP contribution >= 0.6 is 11.6 Å². The van der Waals surface area contributed by atoms with Crippen LogP contribution in [0.1, 0.15) is 39.0 Å². The summed E-state index contributed by atoms with van der Waals surface area (Å²) in [4.78, 5) is 39.6. The number of rotatable bonds is 6. The van der Waals surface area contributed by atoms with E-state index in [1.807, 2.05) is 0 Å². The Hall–Kier alpha value is -2.80. The van der Waals surface area contributed by atoms with Gasteiger partial charge in [-0.05, 0) is 26.3 Å². The molecule has 7 nitrogen and oxygen atoms in total. The molecule has 0 aliphatic heterocycles. The Labute approximate surface area is 155 Å². The van der Waals surface area contributed by atoms with Crippen LogP contribution in [0, 0.1) is 24.0 Å². The third kappa shape index (κ3) is 3.88. The summed E-state index contributed by atoms with van der Waals surface area (Å²) in [5, 5.41) is 11.1. The fourth-order valence-corrected chi connectivity index (χ4v) is 2.87. The molecule has 1 aromatic heterocycles. The summed E-state index contributed by atoms with van der Waals surface area (Å²) in [6.07, 6.45) is 0. The average Bonchev–Trinajstić information content (AvgIpc) is 2.58. The lowest BCUT2D eigenvalue weighted by Crippen LogP contribution is -2.16. The summed E-state index contributed by atoms with van der Waals surface area (Å²) in [5.74, 6) is -0.863. The maximum Gasteiger partial charge on any atom is 0.340 e. The summed E-state index contributed by atoms with van der Waals surface area (Å²) in [7, 11) is 0. The van der Waals surface area contributed by atoms with Gasteiger partial charge in [-0.25, -0.2) is 4.79 Å². The molecule has 0 fully saturated rings. The van der Waals surface area contributed by atoms with Crippen LogP contribution in [0.25, 0.3) is 11.1 Å². The first-order valence-electron chi connectivity index (χ1n) is 7.78. The van der Waals surface area contributed by atoms with Gasteiger partial charge in [-0.15, -0.1) is 11.6 Å². The predicted octanol–water partition coefficient (Wildman–Crippen LogP) is 3.87. The first kappa shape index (κ1) is 19.5. The SMILES string of the molecule is CC(=O)c1c(C)nc(C)c(C(=O)OCCCl)c1-c1cccc([N+](=O)[O-])c1. The standard InChI is InChI=1S/C18H17ClN2O5/c1-10-15(12(3)22)17(13-5-4-6-14(9-13)21(24)25)16(11(2)20-10)18(23)26-8-7-19/h4-6,9H,7-8H2,1-3H3. The number of aryl methyl sites for hydroxylation is 2. The summed E-state index contributed by atoms with van der Waals surface area (Å²) < 4.78 is 5.12. The Morgan fingerprint density at radius 2 is 1.88 bits per heavy atom. The first-order chi connectivity index (χ1) is 12.3. The Kier molecular flexibility index (Phi) is 6.05. The number of nitrogens with zero attached hydrogens (tertiary/aromatic N) is 2.